The Bertz CT molecular complexity index is 1030. The highest BCUT2D eigenvalue weighted by atomic mass is 16.5. The van der Waals surface area contributed by atoms with Gasteiger partial charge in [0.1, 0.15) is 6.54 Å². The standard InChI is InChI=1S/C19H17N3O5/c1-26-18(24)12-7-8-13(19(25)27-2)15(9-12)21-17(23)10-22-11-20-14-5-3-4-6-16(14)22/h3-9,11H,10H2,1-2H3,(H,21,23). The molecule has 1 N–H and O–H groups in total. The molecule has 0 aliphatic heterocycles. The maximum atomic E-state index is 12.5. The van der Waals surface area contributed by atoms with Crippen LogP contribution in [-0.4, -0.2) is 41.6 Å². The molecule has 0 atom stereocenters. The van der Waals surface area contributed by atoms with Crippen molar-refractivity contribution in [2.24, 2.45) is 0 Å². The maximum Gasteiger partial charge on any atom is 0.339 e. The van der Waals surface area contributed by atoms with E-state index < -0.39 is 11.9 Å². The Kier molecular flexibility index (Phi) is 5.16. The summed E-state index contributed by atoms with van der Waals surface area (Å²) in [5.41, 5.74) is 2.08. The molecule has 0 spiro atoms. The van der Waals surface area contributed by atoms with Gasteiger partial charge in [-0.15, -0.1) is 0 Å². The second kappa shape index (κ2) is 7.69. The zero-order valence-electron chi connectivity index (χ0n) is 14.8. The third-order valence-corrected chi connectivity index (χ3v) is 3.96. The second-order valence-corrected chi connectivity index (χ2v) is 5.65. The first-order valence-electron chi connectivity index (χ1n) is 8.04. The van der Waals surface area contributed by atoms with E-state index in [1.54, 1.807) is 10.9 Å². The molecule has 0 fully saturated rings. The molecular formula is C19H17N3O5. The lowest BCUT2D eigenvalue weighted by Crippen LogP contribution is -2.20. The number of aromatic nitrogens is 2. The molecule has 8 nitrogen and oxygen atoms in total. The normalized spacial score (nSPS) is 10.4. The van der Waals surface area contributed by atoms with Gasteiger partial charge in [-0.25, -0.2) is 14.6 Å². The number of para-hydroxylation sites is 2. The average Bonchev–Trinajstić information content (AvgIpc) is 3.09. The fourth-order valence-electron chi connectivity index (χ4n) is 2.66. The lowest BCUT2D eigenvalue weighted by Gasteiger charge is -2.12. The number of carbonyl (C=O) groups excluding carboxylic acids is 3. The van der Waals surface area contributed by atoms with Crippen LogP contribution in [0.25, 0.3) is 11.0 Å². The lowest BCUT2D eigenvalue weighted by molar-refractivity contribution is -0.116. The van der Waals surface area contributed by atoms with Crippen LogP contribution in [0.3, 0.4) is 0 Å². The summed E-state index contributed by atoms with van der Waals surface area (Å²) in [6.07, 6.45) is 1.57. The van der Waals surface area contributed by atoms with E-state index in [-0.39, 0.29) is 29.3 Å². The Morgan fingerprint density at radius 1 is 1.04 bits per heavy atom. The van der Waals surface area contributed by atoms with E-state index in [0.29, 0.717) is 0 Å². The van der Waals surface area contributed by atoms with E-state index >= 15 is 0 Å². The van der Waals surface area contributed by atoms with Crippen LogP contribution in [0.5, 0.6) is 0 Å². The number of ether oxygens (including phenoxy) is 2. The molecule has 0 unspecified atom stereocenters. The first-order valence-corrected chi connectivity index (χ1v) is 8.04. The number of nitrogens with one attached hydrogen (secondary N) is 1. The zero-order valence-corrected chi connectivity index (χ0v) is 14.8. The predicted molar refractivity (Wildman–Crippen MR) is 97.5 cm³/mol. The minimum absolute atomic E-state index is 0.0103. The number of amides is 1. The van der Waals surface area contributed by atoms with Crippen molar-refractivity contribution in [2.45, 2.75) is 6.54 Å². The SMILES string of the molecule is COC(=O)c1ccc(C(=O)OC)c(NC(=O)Cn2cnc3ccccc32)c1. The van der Waals surface area contributed by atoms with Gasteiger partial charge >= 0.3 is 11.9 Å². The summed E-state index contributed by atoms with van der Waals surface area (Å²) >= 11 is 0. The highest BCUT2D eigenvalue weighted by Gasteiger charge is 2.18. The molecule has 0 saturated heterocycles. The van der Waals surface area contributed by atoms with Gasteiger partial charge in [-0.1, -0.05) is 12.1 Å². The number of benzene rings is 2. The molecule has 27 heavy (non-hydrogen) atoms. The number of hydrogen-bond donors (Lipinski definition) is 1. The molecule has 3 aromatic rings. The van der Waals surface area contributed by atoms with Gasteiger partial charge in [-0.2, -0.15) is 0 Å². The van der Waals surface area contributed by atoms with E-state index in [1.807, 2.05) is 24.3 Å². The summed E-state index contributed by atoms with van der Waals surface area (Å²) in [5, 5.41) is 2.65. The van der Waals surface area contributed by atoms with E-state index in [1.165, 1.54) is 32.4 Å². The topological polar surface area (TPSA) is 99.5 Å². The van der Waals surface area contributed by atoms with Crippen LogP contribution in [-0.2, 0) is 20.8 Å². The van der Waals surface area contributed by atoms with Crippen LogP contribution in [0.1, 0.15) is 20.7 Å². The van der Waals surface area contributed by atoms with Crippen LogP contribution in [0, 0.1) is 0 Å². The molecule has 0 aliphatic carbocycles. The fraction of sp³-hybridized carbons (Fsp3) is 0.158. The number of imidazole rings is 1. The van der Waals surface area contributed by atoms with Crippen molar-refractivity contribution < 1.29 is 23.9 Å². The summed E-state index contributed by atoms with van der Waals surface area (Å²) in [6.45, 7) is -0.0103. The van der Waals surface area contributed by atoms with Gasteiger partial charge in [0.05, 0.1) is 48.4 Å². The summed E-state index contributed by atoms with van der Waals surface area (Å²) in [5.74, 6) is -1.59. The number of rotatable bonds is 5. The van der Waals surface area contributed by atoms with Crippen molar-refractivity contribution in [2.75, 3.05) is 19.5 Å². The van der Waals surface area contributed by atoms with E-state index in [9.17, 15) is 14.4 Å². The van der Waals surface area contributed by atoms with E-state index in [0.717, 1.165) is 11.0 Å². The summed E-state index contributed by atoms with van der Waals surface area (Å²) in [4.78, 5) is 40.4. The quantitative estimate of drug-likeness (QED) is 0.695. The van der Waals surface area contributed by atoms with Crippen LogP contribution >= 0.6 is 0 Å². The molecule has 0 aliphatic rings. The van der Waals surface area contributed by atoms with Crippen LogP contribution in [0.15, 0.2) is 48.8 Å². The van der Waals surface area contributed by atoms with Crippen molar-refractivity contribution in [3.05, 3.63) is 59.9 Å². The van der Waals surface area contributed by atoms with Crippen molar-refractivity contribution in [1.29, 1.82) is 0 Å². The van der Waals surface area contributed by atoms with E-state index in [4.69, 9.17) is 4.74 Å². The average molecular weight is 367 g/mol. The number of hydrogen-bond acceptors (Lipinski definition) is 6. The minimum atomic E-state index is -0.630. The number of methoxy groups -OCH3 is 2. The smallest absolute Gasteiger partial charge is 0.339 e. The van der Waals surface area contributed by atoms with Crippen LogP contribution < -0.4 is 5.32 Å². The molecule has 0 bridgehead atoms. The second-order valence-electron chi connectivity index (χ2n) is 5.65. The highest BCUT2D eigenvalue weighted by Crippen LogP contribution is 2.20. The number of carbonyl (C=O) groups is 3. The molecule has 2 aromatic carbocycles. The van der Waals surface area contributed by atoms with Gasteiger partial charge < -0.3 is 19.4 Å². The van der Waals surface area contributed by atoms with Gasteiger partial charge in [-0.05, 0) is 30.3 Å². The van der Waals surface area contributed by atoms with Crippen LogP contribution in [0.4, 0.5) is 5.69 Å². The molecule has 8 heteroatoms. The molecule has 1 aromatic heterocycles. The Hall–Kier alpha value is -3.68. The van der Waals surface area contributed by atoms with Crippen molar-refractivity contribution in [1.82, 2.24) is 9.55 Å². The molecule has 0 radical (unpaired) electrons. The molecule has 0 saturated carbocycles. The van der Waals surface area contributed by atoms with Gasteiger partial charge in [0.2, 0.25) is 5.91 Å². The Morgan fingerprint density at radius 3 is 2.52 bits per heavy atom. The third kappa shape index (κ3) is 3.79. The zero-order chi connectivity index (χ0) is 19.4. The van der Waals surface area contributed by atoms with Gasteiger partial charge in [0.15, 0.2) is 0 Å². The molecule has 1 heterocycles. The number of fused-ring (bicyclic) bond motifs is 1. The maximum absolute atomic E-state index is 12.5. The van der Waals surface area contributed by atoms with Gasteiger partial charge in [0.25, 0.3) is 0 Å². The van der Waals surface area contributed by atoms with Gasteiger partial charge in [0, 0.05) is 0 Å². The summed E-state index contributed by atoms with van der Waals surface area (Å²) in [7, 11) is 2.48. The Labute approximate surface area is 154 Å². The Balaban J connectivity index is 1.87. The molecule has 3 rings (SSSR count). The first kappa shape index (κ1) is 18.1. The molecule has 1 amide bonds. The van der Waals surface area contributed by atoms with Crippen molar-refractivity contribution in [3.8, 4) is 0 Å². The van der Waals surface area contributed by atoms with Crippen LogP contribution in [0.2, 0.25) is 0 Å². The van der Waals surface area contributed by atoms with Crippen molar-refractivity contribution in [3.63, 3.8) is 0 Å². The first-order chi connectivity index (χ1) is 13.0. The van der Waals surface area contributed by atoms with Crippen molar-refractivity contribution >= 4 is 34.6 Å². The monoisotopic (exact) mass is 367 g/mol. The number of esters is 2. The highest BCUT2D eigenvalue weighted by molar-refractivity contribution is 6.03. The third-order valence-electron chi connectivity index (χ3n) is 3.96. The Morgan fingerprint density at radius 2 is 1.78 bits per heavy atom. The summed E-state index contributed by atoms with van der Waals surface area (Å²) < 4.78 is 11.1. The summed E-state index contributed by atoms with van der Waals surface area (Å²) in [6, 6.07) is 11.6. The predicted octanol–water partition coefficient (Wildman–Crippen LogP) is 2.25. The number of anilines is 1. The lowest BCUT2D eigenvalue weighted by atomic mass is 10.1. The van der Waals surface area contributed by atoms with Gasteiger partial charge in [-0.3, -0.25) is 4.79 Å². The molecule has 138 valence electrons. The number of nitrogens with zero attached hydrogens (tertiary/aromatic N) is 2. The molecular weight excluding hydrogens is 350 g/mol. The minimum Gasteiger partial charge on any atom is -0.465 e. The van der Waals surface area contributed by atoms with E-state index in [2.05, 4.69) is 15.0 Å². The fourth-order valence-corrected chi connectivity index (χ4v) is 2.66. The largest absolute Gasteiger partial charge is 0.465 e.